The number of para-hydroxylation sites is 1. The molecule has 0 bridgehead atoms. The number of alkyl halides is 2. The highest BCUT2D eigenvalue weighted by molar-refractivity contribution is 7.18. The Bertz CT molecular complexity index is 476. The molecule has 0 saturated heterocycles. The molecule has 1 heterocycles. The number of benzene rings is 1. The average Bonchev–Trinajstić information content (AvgIpc) is 2.57. The second-order valence-corrected chi connectivity index (χ2v) is 4.50. The van der Waals surface area contributed by atoms with Crippen LogP contribution in [0.3, 0.4) is 0 Å². The second-order valence-electron chi connectivity index (χ2n) is 3.39. The molecule has 84 valence electrons. The van der Waals surface area contributed by atoms with Crippen LogP contribution >= 0.6 is 11.3 Å². The summed E-state index contributed by atoms with van der Waals surface area (Å²) in [4.78, 5) is 15.4. The Labute approximate surface area is 94.9 Å². The Hall–Kier alpha value is -1.36. The molecule has 0 N–H and O–H groups in total. The number of thiazole rings is 1. The molecule has 0 aliphatic rings. The van der Waals surface area contributed by atoms with Gasteiger partial charge in [-0.15, -0.1) is 11.3 Å². The molecule has 2 rings (SSSR count). The monoisotopic (exact) mass is 241 g/mol. The summed E-state index contributed by atoms with van der Waals surface area (Å²) in [6.07, 6.45) is -3.25. The lowest BCUT2D eigenvalue weighted by Gasteiger charge is -1.95. The molecule has 0 unspecified atom stereocenters. The van der Waals surface area contributed by atoms with Crippen LogP contribution in [0.1, 0.15) is 11.4 Å². The third kappa shape index (κ3) is 2.61. The average molecular weight is 241 g/mol. The fourth-order valence-corrected chi connectivity index (χ4v) is 2.40. The maximum Gasteiger partial charge on any atom is 0.245 e. The van der Waals surface area contributed by atoms with Crippen LogP contribution in [-0.4, -0.2) is 17.2 Å². The van der Waals surface area contributed by atoms with Gasteiger partial charge in [-0.1, -0.05) is 12.1 Å². The van der Waals surface area contributed by atoms with Crippen molar-refractivity contribution in [3.63, 3.8) is 0 Å². The van der Waals surface area contributed by atoms with Crippen molar-refractivity contribution in [1.29, 1.82) is 0 Å². The third-order valence-corrected chi connectivity index (χ3v) is 3.10. The number of carbonyl (C=O) groups excluding carboxylic acids is 1. The first-order chi connectivity index (χ1) is 7.65. The Balaban J connectivity index is 2.12. The summed E-state index contributed by atoms with van der Waals surface area (Å²) >= 11 is 1.38. The molecule has 0 radical (unpaired) electrons. The van der Waals surface area contributed by atoms with E-state index in [1.54, 1.807) is 0 Å². The van der Waals surface area contributed by atoms with Gasteiger partial charge in [0, 0.05) is 0 Å². The van der Waals surface area contributed by atoms with Gasteiger partial charge in [-0.05, 0) is 12.1 Å². The number of halogens is 2. The Morgan fingerprint density at radius 1 is 1.38 bits per heavy atom. The van der Waals surface area contributed by atoms with Crippen LogP contribution in [0.15, 0.2) is 24.3 Å². The molecule has 0 spiro atoms. The van der Waals surface area contributed by atoms with Crippen molar-refractivity contribution in [3.8, 4) is 0 Å². The second kappa shape index (κ2) is 4.65. The van der Waals surface area contributed by atoms with E-state index in [9.17, 15) is 13.6 Å². The van der Waals surface area contributed by atoms with Crippen LogP contribution < -0.4 is 0 Å². The molecular formula is C11H9F2NOS. The number of fused-ring (bicyclic) bond motifs is 1. The minimum Gasteiger partial charge on any atom is -0.299 e. The number of hydrogen-bond donors (Lipinski definition) is 0. The normalized spacial score (nSPS) is 11.2. The van der Waals surface area contributed by atoms with Crippen LogP contribution in [0.4, 0.5) is 8.78 Å². The van der Waals surface area contributed by atoms with E-state index in [1.165, 1.54) is 11.3 Å². The molecule has 16 heavy (non-hydrogen) atoms. The van der Waals surface area contributed by atoms with Gasteiger partial charge >= 0.3 is 0 Å². The van der Waals surface area contributed by atoms with Gasteiger partial charge in [-0.3, -0.25) is 4.79 Å². The lowest BCUT2D eigenvalue weighted by molar-refractivity contribution is -0.120. The number of hydrogen-bond acceptors (Lipinski definition) is 3. The number of carbonyl (C=O) groups is 1. The van der Waals surface area contributed by atoms with E-state index in [2.05, 4.69) is 4.98 Å². The summed E-state index contributed by atoms with van der Waals surface area (Å²) in [6.45, 7) is 0. The quantitative estimate of drug-likeness (QED) is 0.823. The van der Waals surface area contributed by atoms with Crippen molar-refractivity contribution in [2.75, 3.05) is 0 Å². The number of aromatic nitrogens is 1. The summed E-state index contributed by atoms with van der Waals surface area (Å²) in [5.74, 6) is -0.464. The van der Waals surface area contributed by atoms with Gasteiger partial charge in [0.1, 0.15) is 10.8 Å². The molecule has 0 aliphatic carbocycles. The van der Waals surface area contributed by atoms with Crippen molar-refractivity contribution in [2.24, 2.45) is 0 Å². The van der Waals surface area contributed by atoms with Crippen LogP contribution in [0, 0.1) is 0 Å². The van der Waals surface area contributed by atoms with Crippen molar-refractivity contribution in [1.82, 2.24) is 4.98 Å². The molecule has 0 aliphatic heterocycles. The SMILES string of the molecule is O=C(Cc1nc2ccccc2s1)CC(F)F. The minimum absolute atomic E-state index is 0.00366. The topological polar surface area (TPSA) is 30.0 Å². The first-order valence-corrected chi connectivity index (χ1v) is 5.61. The van der Waals surface area contributed by atoms with E-state index in [4.69, 9.17) is 0 Å². The highest BCUT2D eigenvalue weighted by Gasteiger charge is 2.13. The van der Waals surface area contributed by atoms with Crippen LogP contribution in [0.5, 0.6) is 0 Å². The highest BCUT2D eigenvalue weighted by atomic mass is 32.1. The molecule has 0 saturated carbocycles. The van der Waals surface area contributed by atoms with Crippen molar-refractivity contribution >= 4 is 27.3 Å². The van der Waals surface area contributed by atoms with E-state index in [-0.39, 0.29) is 6.42 Å². The Morgan fingerprint density at radius 3 is 2.81 bits per heavy atom. The van der Waals surface area contributed by atoms with Gasteiger partial charge in [0.05, 0.1) is 23.1 Å². The van der Waals surface area contributed by atoms with E-state index >= 15 is 0 Å². The first kappa shape index (κ1) is 11.1. The maximum atomic E-state index is 12.0. The number of ketones is 1. The molecular weight excluding hydrogens is 232 g/mol. The van der Waals surface area contributed by atoms with Gasteiger partial charge in [0.25, 0.3) is 0 Å². The summed E-state index contributed by atoms with van der Waals surface area (Å²) in [5, 5.41) is 0.604. The molecule has 1 aromatic carbocycles. The van der Waals surface area contributed by atoms with E-state index in [1.807, 2.05) is 24.3 Å². The predicted molar refractivity (Wildman–Crippen MR) is 59.0 cm³/mol. The van der Waals surface area contributed by atoms with Gasteiger partial charge in [-0.25, -0.2) is 13.8 Å². The van der Waals surface area contributed by atoms with Crippen LogP contribution in [0.25, 0.3) is 10.2 Å². The fourth-order valence-electron chi connectivity index (χ4n) is 1.41. The summed E-state index contributed by atoms with van der Waals surface area (Å²) < 4.78 is 24.9. The van der Waals surface area contributed by atoms with E-state index < -0.39 is 18.6 Å². The zero-order chi connectivity index (χ0) is 11.5. The van der Waals surface area contributed by atoms with Gasteiger partial charge in [-0.2, -0.15) is 0 Å². The Morgan fingerprint density at radius 2 is 2.12 bits per heavy atom. The van der Waals surface area contributed by atoms with E-state index in [0.717, 1.165) is 10.2 Å². The lowest BCUT2D eigenvalue weighted by atomic mass is 10.2. The maximum absolute atomic E-state index is 12.0. The minimum atomic E-state index is -2.57. The molecule has 2 nitrogen and oxygen atoms in total. The zero-order valence-electron chi connectivity index (χ0n) is 8.32. The standard InChI is InChI=1S/C11H9F2NOS/c12-10(13)5-7(15)6-11-14-8-3-1-2-4-9(8)16-11/h1-4,10H,5-6H2. The number of rotatable bonds is 4. The van der Waals surface area contributed by atoms with Crippen LogP contribution in [-0.2, 0) is 11.2 Å². The largest absolute Gasteiger partial charge is 0.299 e. The molecule has 0 fully saturated rings. The predicted octanol–water partition coefficient (Wildman–Crippen LogP) is 3.06. The smallest absolute Gasteiger partial charge is 0.245 e. The third-order valence-electron chi connectivity index (χ3n) is 2.07. The number of nitrogens with zero attached hydrogens (tertiary/aromatic N) is 1. The lowest BCUT2D eigenvalue weighted by Crippen LogP contribution is -2.07. The highest BCUT2D eigenvalue weighted by Crippen LogP contribution is 2.22. The zero-order valence-corrected chi connectivity index (χ0v) is 9.14. The van der Waals surface area contributed by atoms with Crippen molar-refractivity contribution in [3.05, 3.63) is 29.3 Å². The van der Waals surface area contributed by atoms with Crippen LogP contribution in [0.2, 0.25) is 0 Å². The molecule has 1 aromatic heterocycles. The summed E-state index contributed by atoms with van der Waals surface area (Å²) in [7, 11) is 0. The van der Waals surface area contributed by atoms with Crippen molar-refractivity contribution < 1.29 is 13.6 Å². The molecule has 2 aromatic rings. The Kier molecular flexibility index (Phi) is 3.24. The van der Waals surface area contributed by atoms with Gasteiger partial charge < -0.3 is 0 Å². The number of Topliss-reactive ketones (excluding diaryl/α,β-unsaturated/α-hetero) is 1. The molecule has 0 amide bonds. The molecule has 5 heteroatoms. The fraction of sp³-hybridized carbons (Fsp3) is 0.273. The summed E-state index contributed by atoms with van der Waals surface area (Å²) in [6, 6.07) is 7.47. The first-order valence-electron chi connectivity index (χ1n) is 4.79. The van der Waals surface area contributed by atoms with Crippen molar-refractivity contribution in [2.45, 2.75) is 19.3 Å². The van der Waals surface area contributed by atoms with Gasteiger partial charge in [0.15, 0.2) is 0 Å². The van der Waals surface area contributed by atoms with Gasteiger partial charge in [0.2, 0.25) is 6.43 Å². The summed E-state index contributed by atoms with van der Waals surface area (Å²) in [5.41, 5.74) is 0.812. The molecule has 0 atom stereocenters. The van der Waals surface area contributed by atoms with E-state index in [0.29, 0.717) is 5.01 Å².